The van der Waals surface area contributed by atoms with Gasteiger partial charge in [-0.1, -0.05) is 87.3 Å². The minimum atomic E-state index is -1.58. The van der Waals surface area contributed by atoms with E-state index in [9.17, 15) is 0 Å². The van der Waals surface area contributed by atoms with Gasteiger partial charge in [0.05, 0.1) is 5.58 Å². The third kappa shape index (κ3) is 6.66. The molecule has 6 aromatic rings. The Morgan fingerprint density at radius 1 is 0.864 bits per heavy atom. The quantitative estimate of drug-likeness (QED) is 0.125. The van der Waals surface area contributed by atoms with Crippen LogP contribution in [0.5, 0.6) is 0 Å². The minimum Gasteiger partial charge on any atom is -0.501 e. The first-order chi connectivity index (χ1) is 20.6. The van der Waals surface area contributed by atoms with E-state index in [0.717, 1.165) is 46.5 Å². The first kappa shape index (κ1) is 33.5. The Balaban J connectivity index is 0.000000264. The van der Waals surface area contributed by atoms with Gasteiger partial charge in [-0.3, -0.25) is 0 Å². The van der Waals surface area contributed by atoms with E-state index in [2.05, 4.69) is 101 Å². The summed E-state index contributed by atoms with van der Waals surface area (Å²) < 4.78 is 6.46. The Hall–Kier alpha value is -3.37. The van der Waals surface area contributed by atoms with Gasteiger partial charge in [0.25, 0.3) is 0 Å². The van der Waals surface area contributed by atoms with Gasteiger partial charge < -0.3 is 14.4 Å². The van der Waals surface area contributed by atoms with Crippen molar-refractivity contribution < 1.29 is 24.5 Å². The van der Waals surface area contributed by atoms with E-state index < -0.39 is 8.07 Å². The van der Waals surface area contributed by atoms with Crippen LogP contribution in [0.2, 0.25) is 19.6 Å². The van der Waals surface area contributed by atoms with Crippen molar-refractivity contribution in [1.82, 2.24) is 9.97 Å². The van der Waals surface area contributed by atoms with Crippen LogP contribution >= 0.6 is 0 Å². The largest absolute Gasteiger partial charge is 0.501 e. The van der Waals surface area contributed by atoms with Crippen molar-refractivity contribution in [3.8, 4) is 22.5 Å². The van der Waals surface area contributed by atoms with Crippen LogP contribution < -0.4 is 5.19 Å². The summed E-state index contributed by atoms with van der Waals surface area (Å²) in [7, 11) is -1.58. The fraction of sp³-hybridized carbons (Fsp3) is 0.282. The molecule has 0 amide bonds. The van der Waals surface area contributed by atoms with E-state index >= 15 is 0 Å². The van der Waals surface area contributed by atoms with Crippen LogP contribution in [0.25, 0.3) is 44.5 Å². The Morgan fingerprint density at radius 2 is 1.59 bits per heavy atom. The minimum absolute atomic E-state index is 0. The van der Waals surface area contributed by atoms with Crippen molar-refractivity contribution in [2.75, 3.05) is 0 Å². The van der Waals surface area contributed by atoms with E-state index in [1.165, 1.54) is 32.6 Å². The summed E-state index contributed by atoms with van der Waals surface area (Å²) in [4.78, 5) is 9.14. The molecule has 5 heteroatoms. The third-order valence-corrected chi connectivity index (χ3v) is 10.8. The zero-order chi connectivity index (χ0) is 30.8. The van der Waals surface area contributed by atoms with Crippen molar-refractivity contribution in [1.29, 1.82) is 0 Å². The summed E-state index contributed by atoms with van der Waals surface area (Å²) in [5.74, 6) is 0. The van der Waals surface area contributed by atoms with Crippen molar-refractivity contribution in [3.05, 3.63) is 114 Å². The monoisotopic (exact) mass is 775 g/mol. The topological polar surface area (TPSA) is 38.9 Å². The van der Waals surface area contributed by atoms with Crippen molar-refractivity contribution in [3.63, 3.8) is 0 Å². The molecule has 3 nitrogen and oxygen atoms in total. The second-order valence-corrected chi connectivity index (χ2v) is 17.8. The molecule has 0 unspecified atom stereocenters. The Bertz CT molecular complexity index is 1850. The number of benzene rings is 3. The van der Waals surface area contributed by atoms with E-state index in [-0.39, 0.29) is 25.5 Å². The van der Waals surface area contributed by atoms with E-state index in [0.29, 0.717) is 0 Å². The van der Waals surface area contributed by atoms with Crippen molar-refractivity contribution in [2.24, 2.45) is 0 Å². The van der Waals surface area contributed by atoms with Crippen LogP contribution in [0.1, 0.15) is 50.3 Å². The molecular weight excluding hydrogens is 733 g/mol. The summed E-state index contributed by atoms with van der Waals surface area (Å²) in [6.45, 7) is 18.3. The average molecular weight is 775 g/mol. The number of aromatic nitrogens is 2. The van der Waals surface area contributed by atoms with Gasteiger partial charge in [0.1, 0.15) is 5.58 Å². The number of nitrogens with zero attached hydrogens (tertiary/aromatic N) is 2. The van der Waals surface area contributed by atoms with Gasteiger partial charge in [-0.15, -0.1) is 53.2 Å². The summed E-state index contributed by atoms with van der Waals surface area (Å²) in [6.07, 6.45) is 6.03. The van der Waals surface area contributed by atoms with Crippen molar-refractivity contribution >= 4 is 35.2 Å². The summed E-state index contributed by atoms with van der Waals surface area (Å²) in [5.41, 5.74) is 9.81. The molecule has 3 heterocycles. The number of rotatable bonds is 6. The van der Waals surface area contributed by atoms with E-state index in [1.807, 2.05) is 55.7 Å². The summed E-state index contributed by atoms with van der Waals surface area (Å²) in [6, 6.07) is 31.5. The number of aryl methyl sites for hydroxylation is 1. The molecule has 229 valence electrons. The Labute approximate surface area is 277 Å². The Morgan fingerprint density at radius 3 is 2.23 bits per heavy atom. The predicted octanol–water partition coefficient (Wildman–Crippen LogP) is 10.2. The molecule has 0 bridgehead atoms. The Kier molecular flexibility index (Phi) is 10.5. The molecule has 0 spiro atoms. The van der Waals surface area contributed by atoms with Crippen LogP contribution in [-0.2, 0) is 25.5 Å². The first-order valence-corrected chi connectivity index (χ1v) is 18.8. The first-order valence-electron chi connectivity index (χ1n) is 15.3. The molecule has 6 rings (SSSR count). The molecule has 0 atom stereocenters. The standard InChI is InChI=1S/C27H32NOSi.C12H10N.Ir/c1-8-27(4,9-2)21-16-17-28-25(18(21)3)20-14-15-23(30(5,6)7)24-19-12-10-11-13-22(19)29-26(20)24;1-10-7-8-12(13-9-10)11-5-3-2-4-6-11;/h10-13,15-17H,8-9H2,1-7H3;2-5,7-9H,1H3;/q2*-1;. The average Bonchev–Trinajstić information content (AvgIpc) is 3.41. The van der Waals surface area contributed by atoms with Gasteiger partial charge >= 0.3 is 0 Å². The molecule has 1 radical (unpaired) electrons. The fourth-order valence-corrected chi connectivity index (χ4v) is 7.29. The smallest absolute Gasteiger partial charge is 0.120 e. The van der Waals surface area contributed by atoms with Gasteiger partial charge in [0, 0.05) is 46.0 Å². The summed E-state index contributed by atoms with van der Waals surface area (Å²) >= 11 is 0. The second kappa shape index (κ2) is 13.7. The van der Waals surface area contributed by atoms with E-state index in [1.54, 1.807) is 0 Å². The molecule has 3 aromatic heterocycles. The van der Waals surface area contributed by atoms with E-state index in [4.69, 9.17) is 9.40 Å². The van der Waals surface area contributed by atoms with Crippen molar-refractivity contribution in [2.45, 2.75) is 72.5 Å². The maximum Gasteiger partial charge on any atom is 0.120 e. The predicted molar refractivity (Wildman–Crippen MR) is 185 cm³/mol. The van der Waals surface area contributed by atoms with Crippen LogP contribution in [0.15, 0.2) is 89.6 Å². The molecular formula is C39H42IrN2OSi-2. The molecule has 0 saturated carbocycles. The van der Waals surface area contributed by atoms with Crippen LogP contribution in [0.3, 0.4) is 0 Å². The molecule has 0 aliphatic heterocycles. The zero-order valence-corrected chi connectivity index (χ0v) is 30.5. The van der Waals surface area contributed by atoms with Gasteiger partial charge in [-0.25, -0.2) is 0 Å². The molecule has 0 aliphatic rings. The van der Waals surface area contributed by atoms with Gasteiger partial charge in [0.15, 0.2) is 0 Å². The van der Waals surface area contributed by atoms with Crippen LogP contribution in [-0.4, -0.2) is 18.0 Å². The van der Waals surface area contributed by atoms with Gasteiger partial charge in [-0.05, 0) is 66.8 Å². The maximum atomic E-state index is 6.46. The number of hydrogen-bond donors (Lipinski definition) is 0. The number of hydrogen-bond acceptors (Lipinski definition) is 3. The summed E-state index contributed by atoms with van der Waals surface area (Å²) in [5, 5.41) is 3.84. The van der Waals surface area contributed by atoms with Gasteiger partial charge in [0.2, 0.25) is 0 Å². The molecule has 0 aliphatic carbocycles. The number of fused-ring (bicyclic) bond motifs is 3. The third-order valence-electron chi connectivity index (χ3n) is 8.81. The molecule has 0 saturated heterocycles. The van der Waals surface area contributed by atoms with Gasteiger partial charge in [-0.2, -0.15) is 0 Å². The van der Waals surface area contributed by atoms with Crippen LogP contribution in [0.4, 0.5) is 0 Å². The fourth-order valence-electron chi connectivity index (χ4n) is 5.79. The molecule has 0 N–H and O–H groups in total. The zero-order valence-electron chi connectivity index (χ0n) is 27.1. The molecule has 0 fully saturated rings. The van der Waals surface area contributed by atoms with Crippen LogP contribution in [0, 0.1) is 26.0 Å². The number of furan rings is 1. The number of pyridine rings is 2. The number of para-hydroxylation sites is 1. The normalized spacial score (nSPS) is 11.6. The second-order valence-electron chi connectivity index (χ2n) is 12.7. The maximum absolute atomic E-state index is 6.46. The SMILES string of the molecule is CCC(C)(CC)c1ccnc(-c2[c-]cc([Si](C)(C)C)c3c2oc2ccccc23)c1C.Cc1ccc(-c2[c-]cccc2)nc1.[Ir]. The molecule has 3 aromatic carbocycles. The molecule has 44 heavy (non-hydrogen) atoms.